The molecule has 4 aliphatic rings. The van der Waals surface area contributed by atoms with Crippen molar-refractivity contribution in [2.24, 2.45) is 0 Å². The highest BCUT2D eigenvalue weighted by atomic mass is 16.3. The van der Waals surface area contributed by atoms with Crippen molar-refractivity contribution in [3.05, 3.63) is 186 Å². The number of benzene rings is 8. The molecule has 2 atom stereocenters. The monoisotopic (exact) mass is 1010 g/mol. The van der Waals surface area contributed by atoms with Gasteiger partial charge in [-0.25, -0.2) is 0 Å². The Labute approximate surface area is 459 Å². The lowest BCUT2D eigenvalue weighted by Gasteiger charge is -2.51. The maximum Gasteiger partial charge on any atom is 0.252 e. The molecule has 4 nitrogen and oxygen atoms in total. The fraction of sp³-hybridized carbons (Fsp3) is 0.333. The molecule has 3 aliphatic heterocycles. The summed E-state index contributed by atoms with van der Waals surface area (Å²) in [6.07, 6.45) is 4.68. The maximum atomic E-state index is 7.32. The SMILES string of the molecule is CC(C)(C)c1cccc(N2c3cc(C(C)(C)C)ccc3B3c4ccc5c(oc6ccccc65)c4N(c4ccc(C(C)(C)C)cc4-c4ccccc4)c4cc(N5c6ccc(C(C)(C)C)cc6C6(C)CCCCC56C)cc2c43)c1. The molecule has 0 amide bonds. The summed E-state index contributed by atoms with van der Waals surface area (Å²) in [5, 5.41) is 2.26. The zero-order chi connectivity index (χ0) is 53.9. The maximum absolute atomic E-state index is 7.32. The minimum absolute atomic E-state index is 0.0190. The van der Waals surface area contributed by atoms with Crippen LogP contribution in [-0.4, -0.2) is 12.3 Å². The van der Waals surface area contributed by atoms with Crippen LogP contribution >= 0.6 is 0 Å². The molecule has 1 aromatic heterocycles. The molecule has 0 N–H and O–H groups in total. The fourth-order valence-electron chi connectivity index (χ4n) is 14.1. The molecule has 8 aromatic carbocycles. The van der Waals surface area contributed by atoms with Gasteiger partial charge in [0.05, 0.1) is 16.9 Å². The topological polar surface area (TPSA) is 22.9 Å². The van der Waals surface area contributed by atoms with Gasteiger partial charge in [-0.1, -0.05) is 206 Å². The van der Waals surface area contributed by atoms with Crippen LogP contribution in [0.5, 0.6) is 0 Å². The van der Waals surface area contributed by atoms with Crippen LogP contribution in [0.1, 0.15) is 150 Å². The van der Waals surface area contributed by atoms with E-state index >= 15 is 0 Å². The van der Waals surface area contributed by atoms with E-state index in [4.69, 9.17) is 4.42 Å². The van der Waals surface area contributed by atoms with Crippen molar-refractivity contribution in [3.63, 3.8) is 0 Å². The minimum Gasteiger partial charge on any atom is -0.454 e. The van der Waals surface area contributed by atoms with E-state index in [-0.39, 0.29) is 39.3 Å². The van der Waals surface area contributed by atoms with Crippen LogP contribution in [0.4, 0.5) is 45.5 Å². The van der Waals surface area contributed by atoms with Crippen LogP contribution in [0.3, 0.4) is 0 Å². The molecule has 388 valence electrons. The van der Waals surface area contributed by atoms with E-state index in [0.29, 0.717) is 0 Å². The third-order valence-electron chi connectivity index (χ3n) is 18.8. The zero-order valence-corrected chi connectivity index (χ0v) is 48.2. The average molecular weight is 1010 g/mol. The molecule has 0 bridgehead atoms. The van der Waals surface area contributed by atoms with E-state index in [0.717, 1.165) is 46.2 Å². The number of rotatable bonds is 4. The Morgan fingerprint density at radius 2 is 1.05 bits per heavy atom. The van der Waals surface area contributed by atoms with Gasteiger partial charge in [0.25, 0.3) is 6.71 Å². The Bertz CT molecular complexity index is 3870. The smallest absolute Gasteiger partial charge is 0.252 e. The third-order valence-corrected chi connectivity index (χ3v) is 18.8. The largest absolute Gasteiger partial charge is 0.454 e. The van der Waals surface area contributed by atoms with Crippen LogP contribution in [-0.2, 0) is 27.1 Å². The van der Waals surface area contributed by atoms with E-state index in [1.807, 2.05) is 0 Å². The van der Waals surface area contributed by atoms with Crippen molar-refractivity contribution in [2.75, 3.05) is 14.7 Å². The number of hydrogen-bond acceptors (Lipinski definition) is 4. The Morgan fingerprint density at radius 3 is 1.77 bits per heavy atom. The van der Waals surface area contributed by atoms with Crippen LogP contribution < -0.4 is 31.1 Å². The number of fused-ring (bicyclic) bond motifs is 11. The predicted molar refractivity (Wildman–Crippen MR) is 331 cm³/mol. The van der Waals surface area contributed by atoms with Crippen LogP contribution in [0.15, 0.2) is 162 Å². The lowest BCUT2D eigenvalue weighted by molar-refractivity contribution is 0.195. The number of nitrogens with zero attached hydrogens (tertiary/aromatic N) is 3. The first kappa shape index (κ1) is 49.6. The molecule has 1 fully saturated rings. The van der Waals surface area contributed by atoms with Crippen molar-refractivity contribution in [1.82, 2.24) is 0 Å². The summed E-state index contributed by atoms with van der Waals surface area (Å²) >= 11 is 0. The summed E-state index contributed by atoms with van der Waals surface area (Å²) in [5.74, 6) is 0. The van der Waals surface area contributed by atoms with Gasteiger partial charge in [0, 0.05) is 55.9 Å². The van der Waals surface area contributed by atoms with Gasteiger partial charge >= 0.3 is 0 Å². The first-order chi connectivity index (χ1) is 36.5. The molecular weight excluding hydrogens is 934 g/mol. The van der Waals surface area contributed by atoms with Gasteiger partial charge in [-0.2, -0.15) is 0 Å². The summed E-state index contributed by atoms with van der Waals surface area (Å²) < 4.78 is 7.32. The van der Waals surface area contributed by atoms with Gasteiger partial charge in [-0.15, -0.1) is 0 Å². The van der Waals surface area contributed by atoms with Crippen molar-refractivity contribution >= 4 is 90.5 Å². The van der Waals surface area contributed by atoms with Crippen molar-refractivity contribution in [2.45, 2.75) is 155 Å². The molecule has 5 heteroatoms. The molecule has 0 spiro atoms. The van der Waals surface area contributed by atoms with Crippen LogP contribution in [0, 0.1) is 0 Å². The molecule has 9 aromatic rings. The van der Waals surface area contributed by atoms with Crippen LogP contribution in [0.2, 0.25) is 0 Å². The summed E-state index contributed by atoms with van der Waals surface area (Å²) in [4.78, 5) is 8.12. The second-order valence-electron chi connectivity index (χ2n) is 27.8. The summed E-state index contributed by atoms with van der Waals surface area (Å²) in [7, 11) is 0. The summed E-state index contributed by atoms with van der Waals surface area (Å²) in [6.45, 7) is 33.3. The molecular formula is C72H76BN3O. The van der Waals surface area contributed by atoms with Crippen molar-refractivity contribution in [1.29, 1.82) is 0 Å². The van der Waals surface area contributed by atoms with E-state index in [1.165, 1.54) is 102 Å². The molecule has 2 unspecified atom stereocenters. The number of para-hydroxylation sites is 1. The lowest BCUT2D eigenvalue weighted by Crippen LogP contribution is -2.61. The first-order valence-electron chi connectivity index (χ1n) is 28.6. The van der Waals surface area contributed by atoms with Crippen molar-refractivity contribution < 1.29 is 4.42 Å². The average Bonchev–Trinajstić information content (AvgIpc) is 3.76. The van der Waals surface area contributed by atoms with Gasteiger partial charge in [0.1, 0.15) is 5.58 Å². The molecule has 1 saturated carbocycles. The standard InChI is InChI=1S/C72H76BN3O/c1-67(2,3)46-25-22-26-50(39-46)74-60-42-49(70(10,11)12)29-33-56(60)73-57-34-32-53-52-27-18-19-28-63(52)77-66(53)65(57)75(58-35-30-47(68(4,5)6)40-54(58)45-23-16-15-17-24-45)62-44-51(43-61(74)64(62)73)76-59-36-31-48(69(7,8)9)41-55(59)71(13)37-20-21-38-72(71,76)14/h15-19,22-36,39-44H,20-21,37-38H2,1-14H3. The highest BCUT2D eigenvalue weighted by Gasteiger charge is 2.58. The zero-order valence-electron chi connectivity index (χ0n) is 48.2. The Balaban J connectivity index is 1.21. The second kappa shape index (κ2) is 16.8. The van der Waals surface area contributed by atoms with Crippen LogP contribution in [0.25, 0.3) is 33.1 Å². The third kappa shape index (κ3) is 7.45. The molecule has 1 aliphatic carbocycles. The molecule has 77 heavy (non-hydrogen) atoms. The number of anilines is 8. The molecule has 0 radical (unpaired) electrons. The van der Waals surface area contributed by atoms with Gasteiger partial charge in [0.2, 0.25) is 0 Å². The number of furan rings is 1. The molecule has 13 rings (SSSR count). The Kier molecular flexibility index (Phi) is 10.8. The Hall–Kier alpha value is -6.98. The summed E-state index contributed by atoms with van der Waals surface area (Å²) in [6, 6.07) is 61.3. The van der Waals surface area contributed by atoms with E-state index in [1.54, 1.807) is 0 Å². The van der Waals surface area contributed by atoms with E-state index in [9.17, 15) is 0 Å². The number of hydrogen-bond donors (Lipinski definition) is 0. The van der Waals surface area contributed by atoms with E-state index in [2.05, 4.69) is 269 Å². The Morgan fingerprint density at radius 1 is 0.455 bits per heavy atom. The lowest BCUT2D eigenvalue weighted by atomic mass is 9.33. The van der Waals surface area contributed by atoms with Gasteiger partial charge in [-0.05, 0) is 146 Å². The fourth-order valence-corrected chi connectivity index (χ4v) is 14.1. The first-order valence-corrected chi connectivity index (χ1v) is 28.6. The van der Waals surface area contributed by atoms with Gasteiger partial charge in [-0.3, -0.25) is 0 Å². The van der Waals surface area contributed by atoms with E-state index < -0.39 is 0 Å². The molecule has 0 saturated heterocycles. The summed E-state index contributed by atoms with van der Waals surface area (Å²) in [5.41, 5.74) is 24.1. The van der Waals surface area contributed by atoms with Gasteiger partial charge in [0.15, 0.2) is 5.58 Å². The minimum atomic E-state index is -0.194. The van der Waals surface area contributed by atoms with Crippen molar-refractivity contribution in [3.8, 4) is 11.1 Å². The highest BCUT2D eigenvalue weighted by Crippen LogP contribution is 2.62. The highest BCUT2D eigenvalue weighted by molar-refractivity contribution is 7.00. The molecule has 4 heterocycles. The second-order valence-corrected chi connectivity index (χ2v) is 27.8. The van der Waals surface area contributed by atoms with Gasteiger partial charge < -0.3 is 19.1 Å². The predicted octanol–water partition coefficient (Wildman–Crippen LogP) is 18.3. The quantitative estimate of drug-likeness (QED) is 0.164. The normalized spacial score (nSPS) is 19.1.